The number of imidazole rings is 1. The van der Waals surface area contributed by atoms with E-state index in [4.69, 9.17) is 16.0 Å². The van der Waals surface area contributed by atoms with E-state index in [0.717, 1.165) is 23.0 Å². The van der Waals surface area contributed by atoms with E-state index in [1.165, 1.54) is 0 Å². The maximum Gasteiger partial charge on any atom is 0.158 e. The van der Waals surface area contributed by atoms with Crippen LogP contribution in [-0.4, -0.2) is 16.6 Å². The van der Waals surface area contributed by atoms with Crippen LogP contribution in [0, 0.1) is 6.92 Å². The summed E-state index contributed by atoms with van der Waals surface area (Å²) in [6.07, 6.45) is 0. The van der Waals surface area contributed by atoms with Crippen LogP contribution < -0.4 is 5.32 Å². The first-order valence-corrected chi connectivity index (χ1v) is 5.43. The highest BCUT2D eigenvalue weighted by Gasteiger charge is 2.16. The molecule has 0 bridgehead atoms. The van der Waals surface area contributed by atoms with Crippen LogP contribution in [0.25, 0.3) is 11.5 Å². The summed E-state index contributed by atoms with van der Waals surface area (Å²) >= 11 is 6.11. The third-order valence-electron chi connectivity index (χ3n) is 2.45. The number of aromatic nitrogens is 2. The predicted molar refractivity (Wildman–Crippen MR) is 63.4 cm³/mol. The molecule has 0 aliphatic carbocycles. The number of furan rings is 1. The zero-order valence-corrected chi connectivity index (χ0v) is 10.3. The molecule has 0 saturated heterocycles. The average molecular weight is 240 g/mol. The monoisotopic (exact) mass is 239 g/mol. The zero-order chi connectivity index (χ0) is 11.7. The van der Waals surface area contributed by atoms with Crippen molar-refractivity contribution in [1.82, 2.24) is 14.9 Å². The van der Waals surface area contributed by atoms with Crippen LogP contribution >= 0.6 is 11.6 Å². The molecule has 16 heavy (non-hydrogen) atoms. The number of nitrogens with zero attached hydrogens (tertiary/aromatic N) is 2. The van der Waals surface area contributed by atoms with Crippen molar-refractivity contribution in [2.45, 2.75) is 13.5 Å². The average Bonchev–Trinajstić information content (AvgIpc) is 2.74. The first-order chi connectivity index (χ1) is 7.63. The quantitative estimate of drug-likeness (QED) is 0.894. The van der Waals surface area contributed by atoms with Gasteiger partial charge in [0, 0.05) is 7.05 Å². The molecule has 0 amide bonds. The summed E-state index contributed by atoms with van der Waals surface area (Å²) in [6, 6.07) is 3.82. The van der Waals surface area contributed by atoms with Gasteiger partial charge in [0.25, 0.3) is 0 Å². The van der Waals surface area contributed by atoms with Gasteiger partial charge in [-0.3, -0.25) is 0 Å². The van der Waals surface area contributed by atoms with Gasteiger partial charge in [0.15, 0.2) is 10.9 Å². The van der Waals surface area contributed by atoms with E-state index in [0.29, 0.717) is 11.7 Å². The summed E-state index contributed by atoms with van der Waals surface area (Å²) in [5.41, 5.74) is 0.819. The van der Waals surface area contributed by atoms with Gasteiger partial charge in [-0.2, -0.15) is 0 Å². The molecule has 0 fully saturated rings. The fourth-order valence-corrected chi connectivity index (χ4v) is 1.97. The Hall–Kier alpha value is -1.26. The standard InChI is InChI=1S/C11H14ClN3O/c1-7-4-5-8(16-7)10-11(12)14-9(6-13-2)15(10)3/h4-5,13H,6H2,1-3H3. The summed E-state index contributed by atoms with van der Waals surface area (Å²) in [7, 11) is 3.80. The molecule has 4 nitrogen and oxygen atoms in total. The summed E-state index contributed by atoms with van der Waals surface area (Å²) in [5.74, 6) is 2.50. The van der Waals surface area contributed by atoms with Crippen molar-refractivity contribution in [3.8, 4) is 11.5 Å². The molecule has 2 aromatic rings. The first-order valence-electron chi connectivity index (χ1n) is 5.06. The minimum atomic E-state index is 0.474. The Balaban J connectivity index is 2.48. The Morgan fingerprint density at radius 1 is 1.50 bits per heavy atom. The van der Waals surface area contributed by atoms with Gasteiger partial charge in [-0.25, -0.2) is 4.98 Å². The van der Waals surface area contributed by atoms with Crippen LogP contribution in [0.3, 0.4) is 0 Å². The van der Waals surface area contributed by atoms with Crippen LogP contribution in [0.4, 0.5) is 0 Å². The molecule has 0 radical (unpaired) electrons. The lowest BCUT2D eigenvalue weighted by Crippen LogP contribution is -2.10. The molecular weight excluding hydrogens is 226 g/mol. The summed E-state index contributed by atoms with van der Waals surface area (Å²) in [4.78, 5) is 4.29. The predicted octanol–water partition coefficient (Wildman–Crippen LogP) is 2.36. The van der Waals surface area contributed by atoms with Gasteiger partial charge < -0.3 is 14.3 Å². The first kappa shape index (κ1) is 11.2. The Labute approximate surface area is 99.2 Å². The van der Waals surface area contributed by atoms with Crippen LogP contribution in [0.1, 0.15) is 11.6 Å². The molecule has 2 rings (SSSR count). The summed E-state index contributed by atoms with van der Waals surface area (Å²) in [6.45, 7) is 2.58. The van der Waals surface area contributed by atoms with Crippen LogP contribution in [-0.2, 0) is 13.6 Å². The highest BCUT2D eigenvalue weighted by atomic mass is 35.5. The second-order valence-electron chi connectivity index (χ2n) is 3.67. The zero-order valence-electron chi connectivity index (χ0n) is 9.54. The van der Waals surface area contributed by atoms with Crippen molar-refractivity contribution in [2.75, 3.05) is 7.05 Å². The van der Waals surface area contributed by atoms with E-state index >= 15 is 0 Å². The minimum absolute atomic E-state index is 0.474. The van der Waals surface area contributed by atoms with Gasteiger partial charge in [0.05, 0.1) is 6.54 Å². The molecule has 0 aliphatic heterocycles. The van der Waals surface area contributed by atoms with Gasteiger partial charge in [-0.05, 0) is 26.1 Å². The van der Waals surface area contributed by atoms with Gasteiger partial charge in [0.1, 0.15) is 17.3 Å². The Morgan fingerprint density at radius 3 is 2.81 bits per heavy atom. The molecule has 0 atom stereocenters. The Morgan fingerprint density at radius 2 is 2.25 bits per heavy atom. The van der Waals surface area contributed by atoms with Gasteiger partial charge in [-0.15, -0.1) is 0 Å². The second-order valence-corrected chi connectivity index (χ2v) is 4.03. The van der Waals surface area contributed by atoms with E-state index in [1.807, 2.05) is 37.7 Å². The highest BCUT2D eigenvalue weighted by Crippen LogP contribution is 2.29. The van der Waals surface area contributed by atoms with Crippen molar-refractivity contribution in [1.29, 1.82) is 0 Å². The van der Waals surface area contributed by atoms with Gasteiger partial charge in [0.2, 0.25) is 0 Å². The number of rotatable bonds is 3. The fourth-order valence-electron chi connectivity index (χ4n) is 1.65. The number of aryl methyl sites for hydroxylation is 1. The molecular formula is C11H14ClN3O. The smallest absolute Gasteiger partial charge is 0.158 e. The number of hydrogen-bond donors (Lipinski definition) is 1. The van der Waals surface area contributed by atoms with Crippen molar-refractivity contribution < 1.29 is 4.42 Å². The maximum atomic E-state index is 6.11. The SMILES string of the molecule is CNCc1nc(Cl)c(-c2ccc(C)o2)n1C. The van der Waals surface area contributed by atoms with Crippen molar-refractivity contribution >= 4 is 11.6 Å². The molecule has 0 spiro atoms. The fraction of sp³-hybridized carbons (Fsp3) is 0.364. The Bertz CT molecular complexity index is 501. The lowest BCUT2D eigenvalue weighted by molar-refractivity contribution is 0.543. The molecule has 86 valence electrons. The van der Waals surface area contributed by atoms with E-state index in [9.17, 15) is 0 Å². The number of hydrogen-bond acceptors (Lipinski definition) is 3. The van der Waals surface area contributed by atoms with E-state index < -0.39 is 0 Å². The van der Waals surface area contributed by atoms with Crippen LogP contribution in [0.5, 0.6) is 0 Å². The third kappa shape index (κ3) is 1.86. The number of halogens is 1. The molecule has 1 N–H and O–H groups in total. The number of nitrogens with one attached hydrogen (secondary N) is 1. The molecule has 0 aromatic carbocycles. The molecule has 0 aliphatic rings. The normalized spacial score (nSPS) is 11.0. The highest BCUT2D eigenvalue weighted by molar-refractivity contribution is 6.31. The lowest BCUT2D eigenvalue weighted by atomic mass is 10.3. The van der Waals surface area contributed by atoms with Crippen LogP contribution in [0.15, 0.2) is 16.5 Å². The topological polar surface area (TPSA) is 43.0 Å². The second kappa shape index (κ2) is 4.31. The van der Waals surface area contributed by atoms with Gasteiger partial charge >= 0.3 is 0 Å². The van der Waals surface area contributed by atoms with E-state index in [2.05, 4.69) is 10.3 Å². The Kier molecular flexibility index (Phi) is 3.03. The lowest BCUT2D eigenvalue weighted by Gasteiger charge is -2.03. The molecule has 5 heteroatoms. The van der Waals surface area contributed by atoms with E-state index in [1.54, 1.807) is 0 Å². The maximum absolute atomic E-state index is 6.11. The molecule has 0 unspecified atom stereocenters. The largest absolute Gasteiger partial charge is 0.460 e. The molecule has 2 heterocycles. The van der Waals surface area contributed by atoms with Crippen molar-refractivity contribution in [2.24, 2.45) is 7.05 Å². The van der Waals surface area contributed by atoms with E-state index in [-0.39, 0.29) is 0 Å². The molecule has 2 aromatic heterocycles. The molecule has 0 saturated carbocycles. The summed E-state index contributed by atoms with van der Waals surface area (Å²) in [5, 5.41) is 3.52. The van der Waals surface area contributed by atoms with Crippen LogP contribution in [0.2, 0.25) is 5.15 Å². The third-order valence-corrected chi connectivity index (χ3v) is 2.72. The summed E-state index contributed by atoms with van der Waals surface area (Å²) < 4.78 is 7.50. The van der Waals surface area contributed by atoms with Crippen molar-refractivity contribution in [3.63, 3.8) is 0 Å². The van der Waals surface area contributed by atoms with Crippen molar-refractivity contribution in [3.05, 3.63) is 28.9 Å². The minimum Gasteiger partial charge on any atom is -0.460 e. The van der Waals surface area contributed by atoms with Gasteiger partial charge in [-0.1, -0.05) is 11.6 Å².